The lowest BCUT2D eigenvalue weighted by molar-refractivity contribution is -0.151. The fourth-order valence-corrected chi connectivity index (χ4v) is 13.7. The van der Waals surface area contributed by atoms with Gasteiger partial charge in [-0.2, -0.15) is 0 Å². The molecule has 0 aliphatic carbocycles. The van der Waals surface area contributed by atoms with Crippen LogP contribution in [0.1, 0.15) is 144 Å². The third-order valence-corrected chi connectivity index (χ3v) is 19.8. The maximum atomic E-state index is 15.8. The molecule has 12 amide bonds. The Labute approximate surface area is 615 Å². The fourth-order valence-electron chi connectivity index (χ4n) is 13.7. The topological polar surface area (TPSA) is 308 Å². The molecular weight excluding hydrogens is 1330 g/mol. The number of aliphatic hydroxyl groups excluding tert-OH is 1. The molecule has 2 unspecified atom stereocenters. The quantitative estimate of drug-likeness (QED) is 0.136. The summed E-state index contributed by atoms with van der Waals surface area (Å²) in [4.78, 5) is 192. The lowest BCUT2D eigenvalue weighted by atomic mass is 9.97. The first-order valence-electron chi connectivity index (χ1n) is 36.8. The molecule has 3 aromatic carbocycles. The zero-order valence-corrected chi connectivity index (χ0v) is 64.1. The van der Waals surface area contributed by atoms with Gasteiger partial charge in [0.25, 0.3) is 0 Å². The molecule has 5 N–H and O–H groups in total. The van der Waals surface area contributed by atoms with Crippen molar-refractivity contribution in [2.45, 2.75) is 218 Å². The van der Waals surface area contributed by atoms with Crippen LogP contribution in [-0.4, -0.2) is 262 Å². The number of rotatable bonds is 16. The number of carbonyl (C=O) groups excluding carboxylic acids is 12. The van der Waals surface area contributed by atoms with E-state index in [1.165, 1.54) is 73.7 Å². The molecule has 3 saturated heterocycles. The summed E-state index contributed by atoms with van der Waals surface area (Å²) < 4.78 is 6.23. The number of amides is 12. The Bertz CT molecular complexity index is 3420. The second kappa shape index (κ2) is 38.8. The molecule has 3 aliphatic heterocycles. The summed E-state index contributed by atoms with van der Waals surface area (Å²) in [5, 5.41) is 22.7. The van der Waals surface area contributed by atoms with E-state index in [0.29, 0.717) is 49.0 Å². The largest absolute Gasteiger partial charge is 0.391 e. The summed E-state index contributed by atoms with van der Waals surface area (Å²) >= 11 is 0. The number of aliphatic hydroxyl groups is 1. The molecule has 0 bridgehead atoms. The number of likely N-dealkylation sites (tertiary alicyclic amines) is 1. The zero-order chi connectivity index (χ0) is 77.0. The third-order valence-electron chi connectivity index (χ3n) is 19.8. The van der Waals surface area contributed by atoms with Crippen molar-refractivity contribution in [1.29, 1.82) is 0 Å². The average Bonchev–Trinajstić information content (AvgIpc) is 1.78. The maximum absolute atomic E-state index is 15.8. The van der Waals surface area contributed by atoms with Crippen molar-refractivity contribution in [2.75, 3.05) is 75.1 Å². The Balaban J connectivity index is 1.52. The Kier molecular flexibility index (Phi) is 31.4. The molecule has 0 aromatic heterocycles. The number of ether oxygens (including phenoxy) is 1. The van der Waals surface area contributed by atoms with E-state index in [0.717, 1.165) is 16.2 Å². The monoisotopic (exact) mass is 1440 g/mol. The highest BCUT2D eigenvalue weighted by molar-refractivity contribution is 6.00. The minimum atomic E-state index is -1.66. The van der Waals surface area contributed by atoms with Crippen molar-refractivity contribution in [2.24, 2.45) is 17.8 Å². The van der Waals surface area contributed by atoms with Gasteiger partial charge >= 0.3 is 0 Å². The zero-order valence-electron chi connectivity index (χ0n) is 64.1. The molecule has 26 nitrogen and oxygen atoms in total. The Hall–Kier alpha value is -8.78. The van der Waals surface area contributed by atoms with E-state index in [9.17, 15) is 19.5 Å². The number of likely N-dealkylation sites (N-methyl/N-ethyl adjacent to an activating group) is 6. The summed E-state index contributed by atoms with van der Waals surface area (Å²) in [7, 11) is 8.38. The summed E-state index contributed by atoms with van der Waals surface area (Å²) in [5.74, 6) is -9.30. The van der Waals surface area contributed by atoms with Crippen LogP contribution in [0.4, 0.5) is 0 Å². The van der Waals surface area contributed by atoms with Gasteiger partial charge in [0, 0.05) is 81.2 Å². The van der Waals surface area contributed by atoms with Gasteiger partial charge in [-0.15, -0.1) is 0 Å². The van der Waals surface area contributed by atoms with Crippen LogP contribution in [0.15, 0.2) is 91.0 Å². The third kappa shape index (κ3) is 23.6. The van der Waals surface area contributed by atoms with Crippen LogP contribution in [0.2, 0.25) is 0 Å². The molecule has 0 saturated carbocycles. The molecule has 6 rings (SSSR count). The van der Waals surface area contributed by atoms with Crippen molar-refractivity contribution >= 4 is 70.9 Å². The number of piperidine rings is 1. The predicted octanol–water partition coefficient (Wildman–Crippen LogP) is 3.99. The van der Waals surface area contributed by atoms with Crippen LogP contribution < -0.4 is 21.3 Å². The van der Waals surface area contributed by atoms with Crippen LogP contribution in [0.25, 0.3) is 0 Å². The maximum Gasteiger partial charge on any atom is 0.248 e. The fraction of sp³-hybridized carbons (Fsp3) is 0.615. The van der Waals surface area contributed by atoms with E-state index < -0.39 is 163 Å². The second-order valence-corrected chi connectivity index (χ2v) is 30.7. The molecule has 26 heteroatoms. The van der Waals surface area contributed by atoms with Crippen LogP contribution in [-0.2, 0) is 81.5 Å². The van der Waals surface area contributed by atoms with Crippen LogP contribution in [0.3, 0.4) is 0 Å². The standard InChI is InChI=1S/C78H116N12O14/c1-49(2)40-56-72(98)85(13)61(42-51(5)6)71(97)82-67(52(7)91)77(103)83(11)47-66(93)84(12)60(41-50(3)4)68(94)81-58(48-104-78(8,9)10)73(99)88(16)64(45-55-34-25-19-26-35-55)76(102)87(15)63(44-54-32-23-18-24-33-54)70(96)80-57(74(100)89-37-27-20-28-38-89)46-65(92)90-39-29-36-59(90)75(101)86(14)62(69(95)79-56)43-53-30-21-17-22-31-53/h17-19,21-26,30-35,49-52,56-64,67,91H,20,27-29,36-48H2,1-16H3,(H,79,95)(H,80,96)(H,81,94)(H,82,97)/t52-,56+,57+,58+,59+,60+,61+,62+,63?,64+,67?/m1/s1. The van der Waals surface area contributed by atoms with E-state index in [-0.39, 0.29) is 69.2 Å². The van der Waals surface area contributed by atoms with Crippen LogP contribution in [0, 0.1) is 17.8 Å². The lowest BCUT2D eigenvalue weighted by Gasteiger charge is -2.38. The average molecular weight is 1450 g/mol. The Morgan fingerprint density at radius 3 is 1.38 bits per heavy atom. The van der Waals surface area contributed by atoms with Gasteiger partial charge in [-0.1, -0.05) is 133 Å². The molecule has 572 valence electrons. The van der Waals surface area contributed by atoms with Gasteiger partial charge in [0.05, 0.1) is 31.3 Å². The summed E-state index contributed by atoms with van der Waals surface area (Å²) in [6.45, 7) is 17.3. The second-order valence-electron chi connectivity index (χ2n) is 30.7. The predicted molar refractivity (Wildman–Crippen MR) is 394 cm³/mol. The first-order valence-corrected chi connectivity index (χ1v) is 36.8. The highest BCUT2D eigenvalue weighted by Crippen LogP contribution is 2.26. The molecule has 3 aromatic rings. The molecule has 3 aliphatic rings. The summed E-state index contributed by atoms with van der Waals surface area (Å²) in [6, 6.07) is 13.1. The molecule has 0 spiro atoms. The normalized spacial score (nSPS) is 25.1. The van der Waals surface area contributed by atoms with Crippen molar-refractivity contribution in [1.82, 2.24) is 60.5 Å². The van der Waals surface area contributed by atoms with Crippen molar-refractivity contribution in [3.05, 3.63) is 108 Å². The number of fused-ring (bicyclic) bond motifs is 1. The molecule has 104 heavy (non-hydrogen) atoms. The highest BCUT2D eigenvalue weighted by atomic mass is 16.5. The SMILES string of the molecule is CC(C)C[C@@H]1NC(=O)[C@H](Cc2ccccc2)N(C)C(=O)[C@@H]2CCCN2C(=O)C[C@@H](C(=O)N2CCCCC2)NC(=O)C(Cc2ccccc2)N(C)C(=O)[C@H](Cc2ccccc2)N(C)C(=O)[C@H](COC(C)(C)C)NC(=O)[C@H](CC(C)C)N(C)C(=O)CN(C)C(=O)C([C@@H](C)O)NC(=O)[C@H](CC(C)C)N(C)C1=O. The van der Waals surface area contributed by atoms with Gasteiger partial charge in [0.1, 0.15) is 60.4 Å². The van der Waals surface area contributed by atoms with E-state index in [1.54, 1.807) is 117 Å². The summed E-state index contributed by atoms with van der Waals surface area (Å²) in [6.07, 6.45) is 0.590. The van der Waals surface area contributed by atoms with Gasteiger partial charge in [0.2, 0.25) is 70.9 Å². The molecule has 3 fully saturated rings. The number of hydrogen-bond acceptors (Lipinski definition) is 14. The smallest absolute Gasteiger partial charge is 0.248 e. The van der Waals surface area contributed by atoms with Crippen LogP contribution in [0.5, 0.6) is 0 Å². The van der Waals surface area contributed by atoms with E-state index >= 15 is 43.2 Å². The van der Waals surface area contributed by atoms with Crippen LogP contribution >= 0.6 is 0 Å². The van der Waals surface area contributed by atoms with E-state index in [1.807, 2.05) is 41.5 Å². The minimum absolute atomic E-state index is 0.0304. The number of nitrogens with zero attached hydrogens (tertiary/aromatic N) is 8. The van der Waals surface area contributed by atoms with E-state index in [2.05, 4.69) is 21.3 Å². The van der Waals surface area contributed by atoms with Gasteiger partial charge in [-0.3, -0.25) is 57.5 Å². The Morgan fingerprint density at radius 2 is 0.894 bits per heavy atom. The first kappa shape index (κ1) is 84.2. The number of nitrogens with one attached hydrogen (secondary N) is 4. The minimum Gasteiger partial charge on any atom is -0.391 e. The number of carbonyl (C=O) groups is 12. The van der Waals surface area contributed by atoms with Gasteiger partial charge in [0.15, 0.2) is 0 Å². The number of benzene rings is 3. The van der Waals surface area contributed by atoms with E-state index in [4.69, 9.17) is 4.74 Å². The van der Waals surface area contributed by atoms with Crippen molar-refractivity contribution in [3.63, 3.8) is 0 Å². The molecule has 3 heterocycles. The molecule has 0 radical (unpaired) electrons. The highest BCUT2D eigenvalue weighted by Gasteiger charge is 2.45. The van der Waals surface area contributed by atoms with Crippen molar-refractivity contribution < 1.29 is 67.4 Å². The first-order chi connectivity index (χ1) is 49.0. The van der Waals surface area contributed by atoms with Crippen molar-refractivity contribution in [3.8, 4) is 0 Å². The lowest BCUT2D eigenvalue weighted by Crippen LogP contribution is -2.62. The van der Waals surface area contributed by atoms with Gasteiger partial charge < -0.3 is 70.3 Å². The summed E-state index contributed by atoms with van der Waals surface area (Å²) in [5.41, 5.74) is 1.06. The van der Waals surface area contributed by atoms with Gasteiger partial charge in [-0.25, -0.2) is 0 Å². The van der Waals surface area contributed by atoms with Gasteiger partial charge in [-0.05, 0) is 114 Å². The Morgan fingerprint density at radius 1 is 0.471 bits per heavy atom. The molecule has 11 atom stereocenters. The molecular formula is C78H116N12O14. The number of hydrogen-bond donors (Lipinski definition) is 5.